The summed E-state index contributed by atoms with van der Waals surface area (Å²) in [6.07, 6.45) is 10.8. The van der Waals surface area contributed by atoms with Crippen molar-refractivity contribution in [3.63, 3.8) is 0 Å². The van der Waals surface area contributed by atoms with Crippen LogP contribution in [0.1, 0.15) is 88.0 Å². The van der Waals surface area contributed by atoms with Crippen LogP contribution in [0.15, 0.2) is 97.6 Å². The second-order valence-electron chi connectivity index (χ2n) is 16.4. The second kappa shape index (κ2) is 21.7. The lowest BCUT2D eigenvalue weighted by Crippen LogP contribution is -2.39. The monoisotopic (exact) mass is 939 g/mol. The van der Waals surface area contributed by atoms with Crippen LogP contribution in [0.5, 0.6) is 23.0 Å². The number of nitrogens with zero attached hydrogens (tertiary/aromatic N) is 4. The molecular formula is C52H47Cl2N5O8. The number of nitrogens with one attached hydrogen (secondary N) is 1. The number of rotatable bonds is 20. The molecule has 67 heavy (non-hydrogen) atoms. The van der Waals surface area contributed by atoms with Gasteiger partial charge in [0.1, 0.15) is 60.5 Å². The van der Waals surface area contributed by atoms with Gasteiger partial charge in [-0.25, -0.2) is 4.85 Å². The molecule has 6 aromatic rings. The minimum absolute atomic E-state index is 0.0341. The molecule has 0 amide bonds. The Morgan fingerprint density at radius 1 is 0.791 bits per heavy atom. The predicted molar refractivity (Wildman–Crippen MR) is 252 cm³/mol. The molecule has 0 spiro atoms. The number of carboxylic acid groups (broad SMARTS) is 1. The molecule has 2 aliphatic rings. The van der Waals surface area contributed by atoms with E-state index < -0.39 is 18.6 Å². The first-order valence-electron chi connectivity index (χ1n) is 22.0. The number of ether oxygens (including phenoxy) is 4. The quantitative estimate of drug-likeness (QED) is 0.0421. The van der Waals surface area contributed by atoms with Gasteiger partial charge in [0.2, 0.25) is 5.69 Å². The average molecular weight is 941 g/mol. The first-order chi connectivity index (χ1) is 32.7. The summed E-state index contributed by atoms with van der Waals surface area (Å²) >= 11 is 13.8. The number of fused-ring (bicyclic) bond motifs is 2. The number of aromatic nitrogens is 2. The Morgan fingerprint density at radius 2 is 1.37 bits per heavy atom. The number of unbranched alkanes of at least 4 members (excludes halogenated alkanes) is 1. The fourth-order valence-electron chi connectivity index (χ4n) is 8.68. The van der Waals surface area contributed by atoms with Crippen molar-refractivity contribution < 1.29 is 39.1 Å². The Kier molecular flexibility index (Phi) is 15.2. The maximum absolute atomic E-state index is 11.6. The lowest BCUT2D eigenvalue weighted by atomic mass is 9.91. The fraction of sp³-hybridized carbons (Fsp3) is 0.288. The third-order valence-electron chi connectivity index (χ3n) is 12.0. The molecule has 15 heteroatoms. The Morgan fingerprint density at radius 3 is 1.94 bits per heavy atom. The van der Waals surface area contributed by atoms with Crippen LogP contribution >= 0.6 is 23.2 Å². The van der Waals surface area contributed by atoms with Gasteiger partial charge in [-0.05, 0) is 114 Å². The highest BCUT2D eigenvalue weighted by Crippen LogP contribution is 2.47. The molecule has 0 unspecified atom stereocenters. The Labute approximate surface area is 398 Å². The molecule has 13 nitrogen and oxygen atoms in total. The number of aryl methyl sites for hydroxylation is 1. The Hall–Kier alpha value is -6.71. The molecule has 342 valence electrons. The summed E-state index contributed by atoms with van der Waals surface area (Å²) < 4.78 is 26.0. The van der Waals surface area contributed by atoms with Gasteiger partial charge in [0.05, 0.1) is 28.8 Å². The maximum Gasteiger partial charge on any atom is 0.323 e. The van der Waals surface area contributed by atoms with Crippen molar-refractivity contribution in [2.24, 2.45) is 0 Å². The van der Waals surface area contributed by atoms with Gasteiger partial charge in [-0.1, -0.05) is 59.6 Å². The summed E-state index contributed by atoms with van der Waals surface area (Å²) in [6.45, 7) is 7.16. The van der Waals surface area contributed by atoms with Crippen molar-refractivity contribution in [2.45, 2.75) is 83.0 Å². The van der Waals surface area contributed by atoms with Crippen LogP contribution in [0, 0.1) is 17.9 Å². The molecule has 3 atom stereocenters. The molecule has 0 saturated carbocycles. The highest BCUT2D eigenvalue weighted by Gasteiger charge is 2.32. The summed E-state index contributed by atoms with van der Waals surface area (Å²) in [5.41, 5.74) is 10.5. The number of hydrogen-bond donors (Lipinski definition) is 4. The first kappa shape index (κ1) is 46.8. The molecule has 0 fully saturated rings. The molecule has 2 aliphatic carbocycles. The molecule has 0 saturated heterocycles. The Balaban J connectivity index is 1.03. The number of pyridine rings is 2. The van der Waals surface area contributed by atoms with E-state index in [4.69, 9.17) is 48.7 Å². The molecule has 4 N–H and O–H groups in total. The predicted octanol–water partition coefficient (Wildman–Crippen LogP) is 10.0. The smallest absolute Gasteiger partial charge is 0.323 e. The van der Waals surface area contributed by atoms with E-state index in [9.17, 15) is 25.4 Å². The van der Waals surface area contributed by atoms with Crippen molar-refractivity contribution in [1.29, 1.82) is 5.26 Å². The van der Waals surface area contributed by atoms with Crippen LogP contribution in [0.3, 0.4) is 0 Å². The summed E-state index contributed by atoms with van der Waals surface area (Å²) in [7, 11) is 0. The number of benzene rings is 4. The lowest BCUT2D eigenvalue weighted by molar-refractivity contribution is -0.140. The van der Waals surface area contributed by atoms with E-state index in [0.29, 0.717) is 74.7 Å². The molecule has 2 heterocycles. The van der Waals surface area contributed by atoms with E-state index in [1.54, 1.807) is 36.7 Å². The number of carbonyl (C=O) groups is 1. The summed E-state index contributed by atoms with van der Waals surface area (Å²) in [5, 5.41) is 41.5. The fourth-order valence-corrected chi connectivity index (χ4v) is 9.14. The number of halogens is 2. The topological polar surface area (TPSA) is 181 Å². The molecule has 0 aliphatic heterocycles. The molecule has 0 radical (unpaired) electrons. The van der Waals surface area contributed by atoms with Crippen LogP contribution in [0.25, 0.3) is 16.0 Å². The van der Waals surface area contributed by atoms with Crippen molar-refractivity contribution in [1.82, 2.24) is 15.3 Å². The first-order valence-corrected chi connectivity index (χ1v) is 22.7. The minimum atomic E-state index is -1.20. The van der Waals surface area contributed by atoms with E-state index in [0.717, 1.165) is 59.1 Å². The number of aliphatic hydroxyl groups excluding tert-OH is 2. The molecule has 8 rings (SSSR count). The summed E-state index contributed by atoms with van der Waals surface area (Å²) in [5.74, 6) is 0.717. The number of hydrogen-bond acceptors (Lipinski definition) is 11. The van der Waals surface area contributed by atoms with Crippen molar-refractivity contribution in [2.75, 3.05) is 13.2 Å². The highest BCUT2D eigenvalue weighted by molar-refractivity contribution is 6.32. The van der Waals surface area contributed by atoms with Gasteiger partial charge in [-0.3, -0.25) is 20.1 Å². The van der Waals surface area contributed by atoms with Crippen molar-refractivity contribution >= 4 is 34.9 Å². The van der Waals surface area contributed by atoms with Crippen LogP contribution in [-0.2, 0) is 43.8 Å². The van der Waals surface area contributed by atoms with Gasteiger partial charge in [-0.15, -0.1) is 0 Å². The normalized spacial score (nSPS) is 15.2. The van der Waals surface area contributed by atoms with Gasteiger partial charge in [0.25, 0.3) is 0 Å². The molecule has 2 aromatic heterocycles. The zero-order valence-electron chi connectivity index (χ0n) is 36.4. The van der Waals surface area contributed by atoms with Crippen LogP contribution < -0.4 is 24.3 Å². The van der Waals surface area contributed by atoms with Gasteiger partial charge in [-0.2, -0.15) is 5.26 Å². The zero-order valence-corrected chi connectivity index (χ0v) is 37.9. The van der Waals surface area contributed by atoms with E-state index in [-0.39, 0.29) is 38.6 Å². The Bertz CT molecular complexity index is 2860. The van der Waals surface area contributed by atoms with Crippen LogP contribution in [0.2, 0.25) is 10.0 Å². The number of carboxylic acids is 1. The number of aliphatic carboxylic acids is 1. The minimum Gasteiger partial charge on any atom is -0.488 e. The van der Waals surface area contributed by atoms with E-state index in [1.807, 2.05) is 18.2 Å². The third-order valence-corrected chi connectivity index (χ3v) is 12.6. The molecule has 0 bridgehead atoms. The average Bonchev–Trinajstić information content (AvgIpc) is 3.96. The largest absolute Gasteiger partial charge is 0.488 e. The van der Waals surface area contributed by atoms with Crippen molar-refractivity contribution in [3.05, 3.63) is 169 Å². The maximum atomic E-state index is 11.6. The number of aliphatic hydroxyl groups is 2. The van der Waals surface area contributed by atoms with E-state index >= 15 is 0 Å². The van der Waals surface area contributed by atoms with E-state index in [2.05, 4.69) is 56.5 Å². The van der Waals surface area contributed by atoms with Gasteiger partial charge < -0.3 is 34.3 Å². The summed E-state index contributed by atoms with van der Waals surface area (Å²) in [6, 6.07) is 24.0. The van der Waals surface area contributed by atoms with Crippen LogP contribution in [0.4, 0.5) is 5.69 Å². The van der Waals surface area contributed by atoms with Gasteiger partial charge >= 0.3 is 5.97 Å². The standard InChI is InChI=1S/C52H47Cl2N5O8/c1-56-36-17-33(25-58-27-36)30-64-48-20-50(43(53)18-34(48)6-2-3-15-60)66-46-13-11-39-37(7-4-9-41(39)46)38-8-5-10-42-40(38)12-14-47(42)67-51-21-49(65-29-32-16-31(22-55)23-57-24-32)35(19-44(51)54)26-59-45(28-61)52(62)63/h4-5,7-10,16-21,23-25,27,45-47,59-61H,2-3,6,11-15,26,28-30H2,(H,62,63)/t45-,46-,47-/m0/s1. The van der Waals surface area contributed by atoms with Crippen LogP contribution in [-0.4, -0.2) is 50.5 Å². The zero-order chi connectivity index (χ0) is 46.9. The highest BCUT2D eigenvalue weighted by atomic mass is 35.5. The van der Waals surface area contributed by atoms with Crippen molar-refractivity contribution in [3.8, 4) is 40.2 Å². The molecular weight excluding hydrogens is 894 g/mol. The second-order valence-corrected chi connectivity index (χ2v) is 17.2. The SMILES string of the molecule is [C-]#[N+]c1cncc(COc2cc(O[C@H]3CCc4c(-c5cccc6c5CC[C@@H]6Oc5cc(OCc6cncc(C#N)c6)c(CN[C@@H](CO)C(=O)O)cc5Cl)cccc43)c(Cl)cc2CCCCO)c1. The lowest BCUT2D eigenvalue weighted by Gasteiger charge is -2.21. The van der Waals surface area contributed by atoms with Gasteiger partial charge in [0.15, 0.2) is 0 Å². The van der Waals surface area contributed by atoms with Gasteiger partial charge in [0, 0.05) is 61.2 Å². The molecule has 4 aromatic carbocycles. The number of nitriles is 1. The van der Waals surface area contributed by atoms with E-state index in [1.165, 1.54) is 23.5 Å². The third kappa shape index (κ3) is 11.0. The summed E-state index contributed by atoms with van der Waals surface area (Å²) in [4.78, 5) is 23.4.